The maximum Gasteiger partial charge on any atom is 0.257 e. The van der Waals surface area contributed by atoms with Crippen LogP contribution in [0.4, 0.5) is 17.2 Å². The van der Waals surface area contributed by atoms with Gasteiger partial charge in [0.2, 0.25) is 0 Å². The van der Waals surface area contributed by atoms with Gasteiger partial charge in [-0.2, -0.15) is 0 Å². The number of nitrogens with zero attached hydrogens (tertiary/aromatic N) is 2. The molecule has 2 N–H and O–H groups in total. The highest BCUT2D eigenvalue weighted by Gasteiger charge is 2.09. The Balaban J connectivity index is 1.50. The fourth-order valence-corrected chi connectivity index (χ4v) is 3.00. The first-order chi connectivity index (χ1) is 13.6. The normalized spacial score (nSPS) is 10.6. The van der Waals surface area contributed by atoms with Crippen LogP contribution >= 0.6 is 11.6 Å². The van der Waals surface area contributed by atoms with Crippen molar-refractivity contribution in [2.75, 3.05) is 10.6 Å². The molecule has 0 aliphatic heterocycles. The molecule has 0 aliphatic carbocycles. The van der Waals surface area contributed by atoms with E-state index >= 15 is 0 Å². The van der Waals surface area contributed by atoms with E-state index in [4.69, 9.17) is 11.6 Å². The average molecular weight is 389 g/mol. The maximum absolute atomic E-state index is 12.4. The Morgan fingerprint density at radius 1 is 1.00 bits per heavy atom. The first kappa shape index (κ1) is 17.9. The van der Waals surface area contributed by atoms with Crippen molar-refractivity contribution < 1.29 is 4.79 Å². The van der Waals surface area contributed by atoms with Crippen molar-refractivity contribution in [2.45, 2.75) is 6.92 Å². The number of para-hydroxylation sites is 1. The molecular formula is C22H17ClN4O. The van der Waals surface area contributed by atoms with Crippen molar-refractivity contribution in [2.24, 2.45) is 0 Å². The van der Waals surface area contributed by atoms with Gasteiger partial charge in [-0.05, 0) is 48.9 Å². The molecule has 6 heteroatoms. The molecule has 0 fully saturated rings. The number of halogens is 1. The molecule has 0 saturated heterocycles. The highest BCUT2D eigenvalue weighted by atomic mass is 35.5. The van der Waals surface area contributed by atoms with Crippen LogP contribution in [0.5, 0.6) is 0 Å². The Bertz CT molecular complexity index is 1150. The Morgan fingerprint density at radius 3 is 2.64 bits per heavy atom. The second kappa shape index (κ2) is 7.66. The lowest BCUT2D eigenvalue weighted by molar-refractivity contribution is 0.102. The van der Waals surface area contributed by atoms with Crippen molar-refractivity contribution in [1.82, 2.24) is 9.97 Å². The van der Waals surface area contributed by atoms with Crippen molar-refractivity contribution >= 4 is 45.6 Å². The van der Waals surface area contributed by atoms with Crippen LogP contribution in [0.15, 0.2) is 73.1 Å². The quantitative estimate of drug-likeness (QED) is 0.478. The Hall–Kier alpha value is -3.44. The molecule has 4 aromatic rings. The molecule has 1 amide bonds. The number of aryl methyl sites for hydroxylation is 1. The van der Waals surface area contributed by atoms with Crippen LogP contribution in [0.2, 0.25) is 5.02 Å². The monoisotopic (exact) mass is 388 g/mol. The fourth-order valence-electron chi connectivity index (χ4n) is 2.82. The molecule has 0 saturated carbocycles. The summed E-state index contributed by atoms with van der Waals surface area (Å²) in [5.74, 6) is 0.388. The number of pyridine rings is 2. The minimum absolute atomic E-state index is 0.245. The lowest BCUT2D eigenvalue weighted by atomic mass is 10.2. The van der Waals surface area contributed by atoms with Crippen LogP contribution in [-0.2, 0) is 0 Å². The number of amides is 1. The van der Waals surface area contributed by atoms with Crippen molar-refractivity contribution in [3.05, 3.63) is 89.2 Å². The molecular weight excluding hydrogens is 372 g/mol. The number of carbonyl (C=O) groups excluding carboxylic acids is 1. The molecule has 0 atom stereocenters. The Labute approximate surface area is 167 Å². The summed E-state index contributed by atoms with van der Waals surface area (Å²) >= 11 is 6.11. The molecule has 2 heterocycles. The number of fused-ring (bicyclic) bond motifs is 1. The summed E-state index contributed by atoms with van der Waals surface area (Å²) in [4.78, 5) is 21.2. The third-order valence-electron chi connectivity index (χ3n) is 4.35. The fraction of sp³-hybridized carbons (Fsp3) is 0.0455. The lowest BCUT2D eigenvalue weighted by Crippen LogP contribution is -2.12. The van der Waals surface area contributed by atoms with Crippen LogP contribution in [0.25, 0.3) is 10.9 Å². The van der Waals surface area contributed by atoms with Gasteiger partial charge in [-0.15, -0.1) is 0 Å². The van der Waals surface area contributed by atoms with Gasteiger partial charge in [0.25, 0.3) is 5.91 Å². The molecule has 0 spiro atoms. The van der Waals surface area contributed by atoms with E-state index in [0.29, 0.717) is 22.1 Å². The molecule has 138 valence electrons. The van der Waals surface area contributed by atoms with E-state index in [1.54, 1.807) is 24.4 Å². The van der Waals surface area contributed by atoms with E-state index in [1.165, 1.54) is 6.20 Å². The number of hydrogen-bond donors (Lipinski definition) is 2. The molecule has 4 rings (SSSR count). The second-order valence-corrected chi connectivity index (χ2v) is 6.76. The van der Waals surface area contributed by atoms with Gasteiger partial charge < -0.3 is 10.6 Å². The number of nitrogens with one attached hydrogen (secondary N) is 2. The highest BCUT2D eigenvalue weighted by Crippen LogP contribution is 2.24. The molecule has 0 bridgehead atoms. The second-order valence-electron chi connectivity index (χ2n) is 6.36. The van der Waals surface area contributed by atoms with E-state index in [9.17, 15) is 4.79 Å². The third-order valence-corrected chi connectivity index (χ3v) is 4.76. The van der Waals surface area contributed by atoms with E-state index in [1.807, 2.05) is 49.4 Å². The summed E-state index contributed by atoms with van der Waals surface area (Å²) in [6.07, 6.45) is 3.29. The molecule has 0 radical (unpaired) electrons. The summed E-state index contributed by atoms with van der Waals surface area (Å²) in [5, 5.41) is 7.73. The van der Waals surface area contributed by atoms with Gasteiger partial charge in [-0.1, -0.05) is 35.9 Å². The van der Waals surface area contributed by atoms with Gasteiger partial charge in [0, 0.05) is 28.5 Å². The van der Waals surface area contributed by atoms with Crippen LogP contribution in [-0.4, -0.2) is 15.9 Å². The average Bonchev–Trinajstić information content (AvgIpc) is 2.71. The SMILES string of the molecule is Cc1ccc(NC(=O)c2ccc(Nc3cccc4cccnc34)nc2)cc1Cl. The predicted molar refractivity (Wildman–Crippen MR) is 113 cm³/mol. The third kappa shape index (κ3) is 3.80. The number of anilines is 3. The van der Waals surface area contributed by atoms with E-state index < -0.39 is 0 Å². The van der Waals surface area contributed by atoms with Crippen molar-refractivity contribution in [3.63, 3.8) is 0 Å². The van der Waals surface area contributed by atoms with Crippen LogP contribution in [0.1, 0.15) is 15.9 Å². The summed E-state index contributed by atoms with van der Waals surface area (Å²) in [6.45, 7) is 1.91. The van der Waals surface area contributed by atoms with Crippen molar-refractivity contribution in [3.8, 4) is 0 Å². The van der Waals surface area contributed by atoms with E-state index in [-0.39, 0.29) is 5.91 Å². The number of aromatic nitrogens is 2. The van der Waals surface area contributed by atoms with Gasteiger partial charge in [-0.25, -0.2) is 4.98 Å². The lowest BCUT2D eigenvalue weighted by Gasteiger charge is -2.10. The van der Waals surface area contributed by atoms with Gasteiger partial charge in [0.1, 0.15) is 5.82 Å². The van der Waals surface area contributed by atoms with Gasteiger partial charge in [-0.3, -0.25) is 9.78 Å². The van der Waals surface area contributed by atoms with Gasteiger partial charge >= 0.3 is 0 Å². The highest BCUT2D eigenvalue weighted by molar-refractivity contribution is 6.31. The van der Waals surface area contributed by atoms with E-state index in [2.05, 4.69) is 20.6 Å². The minimum atomic E-state index is -0.245. The zero-order valence-corrected chi connectivity index (χ0v) is 15.9. The smallest absolute Gasteiger partial charge is 0.257 e. The summed E-state index contributed by atoms with van der Waals surface area (Å²) in [5.41, 5.74) is 3.78. The topological polar surface area (TPSA) is 66.9 Å². The van der Waals surface area contributed by atoms with Crippen molar-refractivity contribution in [1.29, 1.82) is 0 Å². The van der Waals surface area contributed by atoms with Gasteiger partial charge in [0.05, 0.1) is 16.8 Å². The molecule has 2 aromatic heterocycles. The number of carbonyl (C=O) groups is 1. The first-order valence-electron chi connectivity index (χ1n) is 8.74. The van der Waals surface area contributed by atoms with Gasteiger partial charge in [0.15, 0.2) is 0 Å². The molecule has 0 aliphatic rings. The molecule has 2 aromatic carbocycles. The first-order valence-corrected chi connectivity index (χ1v) is 9.12. The number of rotatable bonds is 4. The van der Waals surface area contributed by atoms with Crippen LogP contribution < -0.4 is 10.6 Å². The maximum atomic E-state index is 12.4. The summed E-state index contributed by atoms with van der Waals surface area (Å²) in [7, 11) is 0. The Morgan fingerprint density at radius 2 is 1.86 bits per heavy atom. The van der Waals surface area contributed by atoms with Crippen LogP contribution in [0.3, 0.4) is 0 Å². The number of hydrogen-bond acceptors (Lipinski definition) is 4. The predicted octanol–water partition coefficient (Wildman–Crippen LogP) is 5.59. The molecule has 0 unspecified atom stereocenters. The standard InChI is InChI=1S/C22H17ClN4O/c1-14-7-9-17(12-18(14)23)26-22(28)16-8-10-20(25-13-16)27-19-6-2-4-15-5-3-11-24-21(15)19/h2-13H,1H3,(H,25,27)(H,26,28). The summed E-state index contributed by atoms with van der Waals surface area (Å²) < 4.78 is 0. The largest absolute Gasteiger partial charge is 0.338 e. The van der Waals surface area contributed by atoms with E-state index in [0.717, 1.165) is 22.2 Å². The molecule has 28 heavy (non-hydrogen) atoms. The molecule has 5 nitrogen and oxygen atoms in total. The minimum Gasteiger partial charge on any atom is -0.338 e. The van der Waals surface area contributed by atoms with Crippen LogP contribution in [0, 0.1) is 6.92 Å². The zero-order chi connectivity index (χ0) is 19.5. The summed E-state index contributed by atoms with van der Waals surface area (Å²) in [6, 6.07) is 18.7. The Kier molecular flexibility index (Phi) is 4.91. The number of benzene rings is 2. The zero-order valence-electron chi connectivity index (χ0n) is 15.1.